The molecule has 2 rings (SSSR count). The summed E-state index contributed by atoms with van der Waals surface area (Å²) < 4.78 is 6.74. The second kappa shape index (κ2) is 6.18. The molecule has 0 aromatic heterocycles. The van der Waals surface area contributed by atoms with Crippen molar-refractivity contribution in [2.24, 2.45) is 0 Å². The summed E-state index contributed by atoms with van der Waals surface area (Å²) in [5.41, 5.74) is 9.78. The monoisotopic (exact) mass is 334 g/mol. The summed E-state index contributed by atoms with van der Waals surface area (Å²) in [4.78, 5) is 0. The standard InChI is InChI=1S/C16H19BrN2O/c1-10(2)20-14-9-5-8-13(16(14)18)19-12-7-4-6-11(3)15(12)17/h4-10,19H,18H2,1-3H3. The Bertz CT molecular complexity index is 611. The minimum absolute atomic E-state index is 0.0956. The van der Waals surface area contributed by atoms with E-state index in [4.69, 9.17) is 10.5 Å². The Hall–Kier alpha value is -1.68. The highest BCUT2D eigenvalue weighted by Gasteiger charge is 2.09. The number of nitrogen functional groups attached to an aromatic ring is 1. The number of benzene rings is 2. The van der Waals surface area contributed by atoms with Gasteiger partial charge in [0.1, 0.15) is 5.75 Å². The van der Waals surface area contributed by atoms with Gasteiger partial charge in [0.05, 0.1) is 23.2 Å². The molecule has 0 heterocycles. The first-order valence-electron chi connectivity index (χ1n) is 6.56. The summed E-state index contributed by atoms with van der Waals surface area (Å²) in [5, 5.41) is 3.34. The number of ether oxygens (including phenoxy) is 1. The number of para-hydroxylation sites is 1. The molecule has 0 aliphatic rings. The molecule has 3 nitrogen and oxygen atoms in total. The minimum atomic E-state index is 0.0956. The highest BCUT2D eigenvalue weighted by molar-refractivity contribution is 9.10. The Morgan fingerprint density at radius 3 is 2.45 bits per heavy atom. The third-order valence-electron chi connectivity index (χ3n) is 2.89. The molecular formula is C16H19BrN2O. The van der Waals surface area contributed by atoms with E-state index in [2.05, 4.69) is 34.2 Å². The number of halogens is 1. The smallest absolute Gasteiger partial charge is 0.144 e. The molecule has 2 aromatic carbocycles. The van der Waals surface area contributed by atoms with E-state index in [0.29, 0.717) is 11.4 Å². The summed E-state index contributed by atoms with van der Waals surface area (Å²) >= 11 is 3.59. The fourth-order valence-corrected chi connectivity index (χ4v) is 2.26. The molecule has 0 spiro atoms. The molecule has 4 heteroatoms. The molecule has 0 unspecified atom stereocenters. The average Bonchev–Trinajstić information content (AvgIpc) is 2.39. The number of aryl methyl sites for hydroxylation is 1. The van der Waals surface area contributed by atoms with E-state index >= 15 is 0 Å². The van der Waals surface area contributed by atoms with E-state index in [0.717, 1.165) is 15.8 Å². The molecule has 0 saturated carbocycles. The van der Waals surface area contributed by atoms with Crippen LogP contribution in [0.25, 0.3) is 0 Å². The first-order chi connectivity index (χ1) is 9.49. The molecular weight excluding hydrogens is 316 g/mol. The Kier molecular flexibility index (Phi) is 4.55. The van der Waals surface area contributed by atoms with Gasteiger partial charge in [0.2, 0.25) is 0 Å². The Labute approximate surface area is 128 Å². The fraction of sp³-hybridized carbons (Fsp3) is 0.250. The highest BCUT2D eigenvalue weighted by Crippen LogP contribution is 2.35. The fourth-order valence-electron chi connectivity index (χ4n) is 1.90. The summed E-state index contributed by atoms with van der Waals surface area (Å²) in [6.45, 7) is 6.02. The van der Waals surface area contributed by atoms with Crippen LogP contribution in [0.15, 0.2) is 40.9 Å². The number of nitrogens with two attached hydrogens (primary N) is 1. The second-order valence-electron chi connectivity index (χ2n) is 4.95. The van der Waals surface area contributed by atoms with Gasteiger partial charge < -0.3 is 15.8 Å². The van der Waals surface area contributed by atoms with Crippen molar-refractivity contribution >= 4 is 33.0 Å². The van der Waals surface area contributed by atoms with E-state index in [1.165, 1.54) is 5.56 Å². The molecule has 0 aliphatic carbocycles. The zero-order chi connectivity index (χ0) is 14.7. The van der Waals surface area contributed by atoms with Crippen LogP contribution in [0.3, 0.4) is 0 Å². The van der Waals surface area contributed by atoms with Crippen LogP contribution in [0.5, 0.6) is 5.75 Å². The highest BCUT2D eigenvalue weighted by atomic mass is 79.9. The SMILES string of the molecule is Cc1cccc(Nc2cccc(OC(C)C)c2N)c1Br. The average molecular weight is 335 g/mol. The van der Waals surface area contributed by atoms with Crippen LogP contribution in [-0.4, -0.2) is 6.10 Å². The van der Waals surface area contributed by atoms with Crippen LogP contribution in [0.1, 0.15) is 19.4 Å². The maximum Gasteiger partial charge on any atom is 0.144 e. The number of anilines is 3. The van der Waals surface area contributed by atoms with Crippen molar-refractivity contribution in [3.05, 3.63) is 46.4 Å². The molecule has 106 valence electrons. The molecule has 0 amide bonds. The normalized spacial score (nSPS) is 10.7. The molecule has 2 aromatic rings. The van der Waals surface area contributed by atoms with Crippen molar-refractivity contribution in [1.29, 1.82) is 0 Å². The molecule has 0 bridgehead atoms. The van der Waals surface area contributed by atoms with E-state index in [9.17, 15) is 0 Å². The zero-order valence-electron chi connectivity index (χ0n) is 11.9. The third kappa shape index (κ3) is 3.25. The number of hydrogen-bond donors (Lipinski definition) is 2. The van der Waals surface area contributed by atoms with Crippen molar-refractivity contribution in [3.8, 4) is 5.75 Å². The quantitative estimate of drug-likeness (QED) is 0.784. The Morgan fingerprint density at radius 1 is 1.10 bits per heavy atom. The molecule has 0 radical (unpaired) electrons. The molecule has 0 saturated heterocycles. The lowest BCUT2D eigenvalue weighted by atomic mass is 10.2. The minimum Gasteiger partial charge on any atom is -0.489 e. The van der Waals surface area contributed by atoms with Gasteiger partial charge >= 0.3 is 0 Å². The maximum absolute atomic E-state index is 6.16. The lowest BCUT2D eigenvalue weighted by molar-refractivity contribution is 0.244. The molecule has 0 fully saturated rings. The first-order valence-corrected chi connectivity index (χ1v) is 7.35. The van der Waals surface area contributed by atoms with Gasteiger partial charge in [0.15, 0.2) is 0 Å². The third-order valence-corrected chi connectivity index (χ3v) is 3.94. The van der Waals surface area contributed by atoms with E-state index in [-0.39, 0.29) is 6.10 Å². The maximum atomic E-state index is 6.16. The van der Waals surface area contributed by atoms with E-state index in [1.807, 2.05) is 44.2 Å². The van der Waals surface area contributed by atoms with Gasteiger partial charge in [-0.1, -0.05) is 18.2 Å². The van der Waals surface area contributed by atoms with Crippen LogP contribution in [0.2, 0.25) is 0 Å². The van der Waals surface area contributed by atoms with E-state index < -0.39 is 0 Å². The zero-order valence-corrected chi connectivity index (χ0v) is 13.5. The van der Waals surface area contributed by atoms with Crippen molar-refractivity contribution in [1.82, 2.24) is 0 Å². The first kappa shape index (κ1) is 14.7. The topological polar surface area (TPSA) is 47.3 Å². The van der Waals surface area contributed by atoms with Crippen molar-refractivity contribution < 1.29 is 4.74 Å². The molecule has 0 atom stereocenters. The molecule has 0 aliphatic heterocycles. The van der Waals surface area contributed by atoms with Crippen LogP contribution < -0.4 is 15.8 Å². The predicted octanol–water partition coefficient (Wildman–Crippen LogP) is 4.87. The van der Waals surface area contributed by atoms with Crippen LogP contribution in [-0.2, 0) is 0 Å². The van der Waals surface area contributed by atoms with Gasteiger partial charge in [-0.15, -0.1) is 0 Å². The summed E-state index contributed by atoms with van der Waals surface area (Å²) in [6, 6.07) is 11.8. The molecule has 3 N–H and O–H groups in total. The largest absolute Gasteiger partial charge is 0.489 e. The van der Waals surface area contributed by atoms with Crippen LogP contribution in [0.4, 0.5) is 17.1 Å². The van der Waals surface area contributed by atoms with Gasteiger partial charge in [-0.25, -0.2) is 0 Å². The van der Waals surface area contributed by atoms with Crippen molar-refractivity contribution in [2.45, 2.75) is 26.9 Å². The van der Waals surface area contributed by atoms with Gasteiger partial charge in [-0.05, 0) is 60.5 Å². The van der Waals surface area contributed by atoms with Crippen molar-refractivity contribution in [3.63, 3.8) is 0 Å². The summed E-state index contributed by atoms with van der Waals surface area (Å²) in [5.74, 6) is 0.703. The lowest BCUT2D eigenvalue weighted by Gasteiger charge is -2.16. The van der Waals surface area contributed by atoms with Crippen molar-refractivity contribution in [2.75, 3.05) is 11.1 Å². The van der Waals surface area contributed by atoms with E-state index in [1.54, 1.807) is 0 Å². The van der Waals surface area contributed by atoms with Gasteiger partial charge in [0, 0.05) is 4.47 Å². The summed E-state index contributed by atoms with van der Waals surface area (Å²) in [6.07, 6.45) is 0.0956. The second-order valence-corrected chi connectivity index (χ2v) is 5.74. The predicted molar refractivity (Wildman–Crippen MR) is 88.8 cm³/mol. The van der Waals surface area contributed by atoms with Gasteiger partial charge in [-0.3, -0.25) is 0 Å². The summed E-state index contributed by atoms with van der Waals surface area (Å²) in [7, 11) is 0. The van der Waals surface area contributed by atoms with Gasteiger partial charge in [-0.2, -0.15) is 0 Å². The number of nitrogens with one attached hydrogen (secondary N) is 1. The Balaban J connectivity index is 2.32. The number of rotatable bonds is 4. The van der Waals surface area contributed by atoms with Crippen LogP contribution in [0, 0.1) is 6.92 Å². The van der Waals surface area contributed by atoms with Gasteiger partial charge in [0.25, 0.3) is 0 Å². The number of hydrogen-bond acceptors (Lipinski definition) is 3. The molecule has 20 heavy (non-hydrogen) atoms. The van der Waals surface area contributed by atoms with Crippen LogP contribution >= 0.6 is 15.9 Å². The lowest BCUT2D eigenvalue weighted by Crippen LogP contribution is -2.08. The Morgan fingerprint density at radius 2 is 1.75 bits per heavy atom.